The molecular weight excluding hydrogens is 354 g/mol. The zero-order valence-electron chi connectivity index (χ0n) is 16.4. The van der Waals surface area contributed by atoms with Gasteiger partial charge < -0.3 is 10.4 Å². The molecule has 1 fully saturated rings. The molecule has 0 saturated heterocycles. The van der Waals surface area contributed by atoms with E-state index in [0.29, 0.717) is 23.5 Å². The topological polar surface area (TPSA) is 113 Å². The number of fused-ring (bicyclic) bond motifs is 1. The number of carboxylic acid groups (broad SMARTS) is 1. The van der Waals surface area contributed by atoms with Crippen LogP contribution in [0.15, 0.2) is 0 Å². The molecule has 2 aliphatic rings. The largest absolute Gasteiger partial charge is 0.480 e. The molecular formula is C21H27N5O2. The van der Waals surface area contributed by atoms with E-state index in [-0.39, 0.29) is 18.6 Å². The Hall–Kier alpha value is -2.64. The number of hydrogen-bond donors (Lipinski definition) is 2. The molecule has 2 aliphatic carbocycles. The van der Waals surface area contributed by atoms with Crippen LogP contribution in [0.4, 0.5) is 5.82 Å². The Morgan fingerprint density at radius 1 is 1.18 bits per heavy atom. The van der Waals surface area contributed by atoms with Crippen molar-refractivity contribution in [1.29, 1.82) is 10.5 Å². The van der Waals surface area contributed by atoms with Gasteiger partial charge >= 0.3 is 5.97 Å². The standard InChI is InChI=1S/C21H27N5O2/c1-2-26(13-20(27)28)15-9-14(10-15)24-21-18(12-23)17(11-22)16-7-5-3-4-6-8-19(16)25-21/h14-15H,2-10,13H2,1H3,(H,24,25)(H,27,28). The summed E-state index contributed by atoms with van der Waals surface area (Å²) in [6, 6.07) is 4.81. The van der Waals surface area contributed by atoms with E-state index in [1.807, 2.05) is 11.8 Å². The third-order valence-corrected chi connectivity index (χ3v) is 5.91. The molecule has 0 unspecified atom stereocenters. The normalized spacial score (nSPS) is 21.4. The number of anilines is 1. The van der Waals surface area contributed by atoms with Gasteiger partial charge in [0.15, 0.2) is 0 Å². The highest BCUT2D eigenvalue weighted by Gasteiger charge is 2.35. The van der Waals surface area contributed by atoms with Crippen molar-refractivity contribution in [2.24, 2.45) is 0 Å². The predicted octanol–water partition coefficient (Wildman–Crippen LogP) is 2.83. The lowest BCUT2D eigenvalue weighted by Crippen LogP contribution is -2.51. The minimum absolute atomic E-state index is 0.0486. The number of pyridine rings is 1. The van der Waals surface area contributed by atoms with Gasteiger partial charge in [-0.25, -0.2) is 4.98 Å². The molecule has 7 nitrogen and oxygen atoms in total. The van der Waals surface area contributed by atoms with Crippen molar-refractivity contribution in [2.45, 2.75) is 70.4 Å². The summed E-state index contributed by atoms with van der Waals surface area (Å²) >= 11 is 0. The van der Waals surface area contributed by atoms with Crippen molar-refractivity contribution in [2.75, 3.05) is 18.4 Å². The van der Waals surface area contributed by atoms with Gasteiger partial charge in [-0.3, -0.25) is 9.69 Å². The van der Waals surface area contributed by atoms with Crippen molar-refractivity contribution in [3.63, 3.8) is 0 Å². The highest BCUT2D eigenvalue weighted by Crippen LogP contribution is 2.32. The molecule has 0 atom stereocenters. The van der Waals surface area contributed by atoms with Crippen LogP contribution in [0.2, 0.25) is 0 Å². The van der Waals surface area contributed by atoms with Gasteiger partial charge in [0.05, 0.1) is 12.1 Å². The van der Waals surface area contributed by atoms with E-state index in [0.717, 1.165) is 56.2 Å². The number of aliphatic carboxylic acids is 1. The second-order valence-corrected chi connectivity index (χ2v) is 7.70. The van der Waals surface area contributed by atoms with Crippen molar-refractivity contribution in [3.8, 4) is 12.1 Å². The van der Waals surface area contributed by atoms with E-state index < -0.39 is 5.97 Å². The van der Waals surface area contributed by atoms with Crippen LogP contribution in [0.5, 0.6) is 0 Å². The number of nitrogens with zero attached hydrogens (tertiary/aromatic N) is 4. The molecule has 0 radical (unpaired) electrons. The number of hydrogen-bond acceptors (Lipinski definition) is 6. The molecule has 7 heteroatoms. The summed E-state index contributed by atoms with van der Waals surface area (Å²) in [6.07, 6.45) is 7.70. The summed E-state index contributed by atoms with van der Waals surface area (Å²) in [6.45, 7) is 2.71. The first-order chi connectivity index (χ1) is 13.6. The monoisotopic (exact) mass is 381 g/mol. The van der Waals surface area contributed by atoms with Gasteiger partial charge in [-0.15, -0.1) is 0 Å². The van der Waals surface area contributed by atoms with Crippen molar-refractivity contribution < 1.29 is 9.90 Å². The minimum atomic E-state index is -0.813. The molecule has 1 aromatic rings. The van der Waals surface area contributed by atoms with E-state index in [9.17, 15) is 15.3 Å². The van der Waals surface area contributed by atoms with Gasteiger partial charge in [0.1, 0.15) is 23.5 Å². The summed E-state index contributed by atoms with van der Waals surface area (Å²) < 4.78 is 0. The van der Waals surface area contributed by atoms with Crippen LogP contribution in [0.3, 0.4) is 0 Å². The summed E-state index contributed by atoms with van der Waals surface area (Å²) in [7, 11) is 0. The second-order valence-electron chi connectivity index (χ2n) is 7.70. The van der Waals surface area contributed by atoms with Gasteiger partial charge in [0.2, 0.25) is 0 Å². The highest BCUT2D eigenvalue weighted by molar-refractivity contribution is 5.69. The molecule has 1 heterocycles. The van der Waals surface area contributed by atoms with E-state index in [1.165, 1.54) is 6.42 Å². The molecule has 148 valence electrons. The average Bonchev–Trinajstić information content (AvgIpc) is 2.62. The lowest BCUT2D eigenvalue weighted by atomic mass is 9.85. The van der Waals surface area contributed by atoms with Crippen molar-refractivity contribution in [1.82, 2.24) is 9.88 Å². The minimum Gasteiger partial charge on any atom is -0.480 e. The number of nitriles is 2. The summed E-state index contributed by atoms with van der Waals surface area (Å²) in [5.41, 5.74) is 2.74. The Kier molecular flexibility index (Phi) is 6.49. The van der Waals surface area contributed by atoms with Crippen molar-refractivity contribution >= 4 is 11.8 Å². The zero-order valence-corrected chi connectivity index (χ0v) is 16.4. The predicted molar refractivity (Wildman–Crippen MR) is 105 cm³/mol. The van der Waals surface area contributed by atoms with E-state index >= 15 is 0 Å². The number of carboxylic acids is 1. The molecule has 28 heavy (non-hydrogen) atoms. The number of rotatable bonds is 6. The number of aryl methyl sites for hydroxylation is 1. The first kappa shape index (κ1) is 20.1. The Labute approximate surface area is 166 Å². The second kappa shape index (κ2) is 9.03. The third-order valence-electron chi connectivity index (χ3n) is 5.91. The van der Waals surface area contributed by atoms with Crippen LogP contribution in [0.25, 0.3) is 0 Å². The van der Waals surface area contributed by atoms with Gasteiger partial charge in [0.25, 0.3) is 0 Å². The zero-order chi connectivity index (χ0) is 20.1. The molecule has 1 aromatic heterocycles. The Morgan fingerprint density at radius 3 is 2.46 bits per heavy atom. The molecule has 2 N–H and O–H groups in total. The lowest BCUT2D eigenvalue weighted by Gasteiger charge is -2.42. The van der Waals surface area contributed by atoms with Crippen LogP contribution in [-0.2, 0) is 17.6 Å². The van der Waals surface area contributed by atoms with Crippen LogP contribution < -0.4 is 5.32 Å². The Bertz CT molecular complexity index is 818. The quantitative estimate of drug-likeness (QED) is 0.779. The van der Waals surface area contributed by atoms with Gasteiger partial charge in [0, 0.05) is 17.8 Å². The Balaban J connectivity index is 1.78. The average molecular weight is 381 g/mol. The van der Waals surface area contributed by atoms with E-state index in [1.54, 1.807) is 0 Å². The number of carbonyl (C=O) groups is 1. The fourth-order valence-corrected chi connectivity index (χ4v) is 4.30. The first-order valence-electron chi connectivity index (χ1n) is 10.2. The maximum absolute atomic E-state index is 11.0. The smallest absolute Gasteiger partial charge is 0.317 e. The fourth-order valence-electron chi connectivity index (χ4n) is 4.30. The molecule has 0 aliphatic heterocycles. The van der Waals surface area contributed by atoms with Crippen LogP contribution in [0.1, 0.15) is 67.8 Å². The summed E-state index contributed by atoms with van der Waals surface area (Å²) in [4.78, 5) is 17.7. The van der Waals surface area contributed by atoms with Gasteiger partial charge in [-0.2, -0.15) is 10.5 Å². The molecule has 0 amide bonds. The van der Waals surface area contributed by atoms with Gasteiger partial charge in [-0.1, -0.05) is 19.8 Å². The summed E-state index contributed by atoms with van der Waals surface area (Å²) in [5.74, 6) is -0.296. The Morgan fingerprint density at radius 2 is 1.86 bits per heavy atom. The number of nitrogens with one attached hydrogen (secondary N) is 1. The van der Waals surface area contributed by atoms with E-state index in [2.05, 4.69) is 17.5 Å². The van der Waals surface area contributed by atoms with Crippen LogP contribution in [0, 0.1) is 22.7 Å². The summed E-state index contributed by atoms with van der Waals surface area (Å²) in [5, 5.41) is 31.8. The molecule has 0 bridgehead atoms. The van der Waals surface area contributed by atoms with Crippen molar-refractivity contribution in [3.05, 3.63) is 22.4 Å². The van der Waals surface area contributed by atoms with Crippen LogP contribution in [-0.4, -0.2) is 46.1 Å². The molecule has 3 rings (SSSR count). The highest BCUT2D eigenvalue weighted by atomic mass is 16.4. The molecule has 1 saturated carbocycles. The third kappa shape index (κ3) is 4.26. The maximum atomic E-state index is 11.0. The fraction of sp³-hybridized carbons (Fsp3) is 0.619. The maximum Gasteiger partial charge on any atom is 0.317 e. The lowest BCUT2D eigenvalue weighted by molar-refractivity contribution is -0.139. The number of likely N-dealkylation sites (N-methyl/N-ethyl adjacent to an activating group) is 1. The first-order valence-corrected chi connectivity index (χ1v) is 10.2. The van der Waals surface area contributed by atoms with Crippen LogP contribution >= 0.6 is 0 Å². The number of aromatic nitrogens is 1. The SMILES string of the molecule is CCN(CC(=O)O)C1CC(Nc2nc3c(c(C#N)c2C#N)CCCCCC3)C1. The molecule has 0 spiro atoms. The van der Waals surface area contributed by atoms with E-state index in [4.69, 9.17) is 10.1 Å². The van der Waals surface area contributed by atoms with Gasteiger partial charge in [-0.05, 0) is 50.6 Å². The molecule has 0 aromatic carbocycles.